The van der Waals surface area contributed by atoms with Crippen LogP contribution in [0.2, 0.25) is 0 Å². The quantitative estimate of drug-likeness (QED) is 0.519. The molecule has 3 aromatic rings. The number of halogens is 1. The molecule has 0 aliphatic heterocycles. The molecular weight excluding hydrogens is 405 g/mol. The maximum Gasteiger partial charge on any atom is 0.244 e. The van der Waals surface area contributed by atoms with Crippen molar-refractivity contribution in [2.24, 2.45) is 0 Å². The van der Waals surface area contributed by atoms with E-state index in [9.17, 15) is 9.18 Å². The number of ether oxygens (including phenoxy) is 3. The summed E-state index contributed by atoms with van der Waals surface area (Å²) in [5.41, 5.74) is 1.76. The lowest BCUT2D eigenvalue weighted by Gasteiger charge is -2.14. The Labute approximate surface area is 178 Å². The van der Waals surface area contributed by atoms with Gasteiger partial charge in [-0.25, -0.2) is 4.39 Å². The largest absolute Gasteiger partial charge is 0.493 e. The minimum absolute atomic E-state index is 0.222. The molecule has 1 heterocycles. The Balaban J connectivity index is 1.62. The van der Waals surface area contributed by atoms with E-state index in [4.69, 9.17) is 14.2 Å². The second kappa shape index (κ2) is 9.93. The van der Waals surface area contributed by atoms with Gasteiger partial charge in [-0.2, -0.15) is 0 Å². The predicted molar refractivity (Wildman–Crippen MR) is 117 cm³/mol. The fourth-order valence-corrected chi connectivity index (χ4v) is 3.77. The van der Waals surface area contributed by atoms with Gasteiger partial charge >= 0.3 is 0 Å². The van der Waals surface area contributed by atoms with Gasteiger partial charge in [0.2, 0.25) is 11.7 Å². The second-order valence-electron chi connectivity index (χ2n) is 6.29. The lowest BCUT2D eigenvalue weighted by atomic mass is 10.1. The molecule has 0 aliphatic rings. The van der Waals surface area contributed by atoms with Crippen LogP contribution in [-0.2, 0) is 11.3 Å². The maximum absolute atomic E-state index is 13.1. The number of hydrogen-bond acceptors (Lipinski definition) is 5. The van der Waals surface area contributed by atoms with E-state index in [1.54, 1.807) is 51.7 Å². The highest BCUT2D eigenvalue weighted by molar-refractivity contribution is 7.16. The molecule has 0 fully saturated rings. The van der Waals surface area contributed by atoms with Crippen molar-refractivity contribution in [3.05, 3.63) is 70.9 Å². The first-order valence-corrected chi connectivity index (χ1v) is 9.96. The van der Waals surface area contributed by atoms with Crippen LogP contribution in [0.4, 0.5) is 4.39 Å². The van der Waals surface area contributed by atoms with Gasteiger partial charge in [-0.1, -0.05) is 12.1 Å². The number of thiophene rings is 1. The molecule has 156 valence electrons. The molecule has 0 atom stereocenters. The standard InChI is InChI=1S/C23H22FNO4S/c1-27-19-12-15(13-20(28-2)23(19)29-3)14-25-22(26)11-9-18-8-10-21(30-18)16-4-6-17(24)7-5-16/h4-13H,14H2,1-3H3,(H,25,26)/b11-9+. The van der Waals surface area contributed by atoms with Crippen molar-refractivity contribution >= 4 is 23.3 Å². The Morgan fingerprint density at radius 3 is 2.27 bits per heavy atom. The van der Waals surface area contributed by atoms with Crippen LogP contribution in [0, 0.1) is 5.82 Å². The summed E-state index contributed by atoms with van der Waals surface area (Å²) in [5.74, 6) is 1.08. The third-order valence-electron chi connectivity index (χ3n) is 4.35. The summed E-state index contributed by atoms with van der Waals surface area (Å²) in [4.78, 5) is 14.1. The van der Waals surface area contributed by atoms with E-state index < -0.39 is 0 Å². The Bertz CT molecular complexity index is 1020. The van der Waals surface area contributed by atoms with Crippen molar-refractivity contribution in [2.75, 3.05) is 21.3 Å². The molecule has 30 heavy (non-hydrogen) atoms. The van der Waals surface area contributed by atoms with Crippen LogP contribution in [0.5, 0.6) is 17.2 Å². The van der Waals surface area contributed by atoms with Crippen LogP contribution in [0.25, 0.3) is 16.5 Å². The van der Waals surface area contributed by atoms with Crippen LogP contribution in [-0.4, -0.2) is 27.2 Å². The van der Waals surface area contributed by atoms with Crippen LogP contribution in [0.15, 0.2) is 54.6 Å². The van der Waals surface area contributed by atoms with Gasteiger partial charge in [0.15, 0.2) is 11.5 Å². The van der Waals surface area contributed by atoms with Crippen molar-refractivity contribution in [1.82, 2.24) is 5.32 Å². The lowest BCUT2D eigenvalue weighted by Crippen LogP contribution is -2.20. The average molecular weight is 427 g/mol. The Hall–Kier alpha value is -3.32. The topological polar surface area (TPSA) is 56.8 Å². The highest BCUT2D eigenvalue weighted by Crippen LogP contribution is 2.38. The highest BCUT2D eigenvalue weighted by atomic mass is 32.1. The molecule has 0 saturated carbocycles. The molecule has 0 unspecified atom stereocenters. The zero-order valence-electron chi connectivity index (χ0n) is 16.9. The third-order valence-corrected chi connectivity index (χ3v) is 5.45. The molecule has 2 aromatic carbocycles. The summed E-state index contributed by atoms with van der Waals surface area (Å²) in [6, 6.07) is 13.8. The molecular formula is C23H22FNO4S. The summed E-state index contributed by atoms with van der Waals surface area (Å²) >= 11 is 1.53. The van der Waals surface area contributed by atoms with Crippen LogP contribution >= 0.6 is 11.3 Å². The maximum atomic E-state index is 13.1. The average Bonchev–Trinajstić information content (AvgIpc) is 3.24. The first kappa shape index (κ1) is 21.4. The van der Waals surface area contributed by atoms with Crippen molar-refractivity contribution in [3.8, 4) is 27.7 Å². The molecule has 7 heteroatoms. The first-order chi connectivity index (χ1) is 14.5. The van der Waals surface area contributed by atoms with Crippen LogP contribution in [0.3, 0.4) is 0 Å². The van der Waals surface area contributed by atoms with Crippen molar-refractivity contribution in [3.63, 3.8) is 0 Å². The monoisotopic (exact) mass is 427 g/mol. The fraction of sp³-hybridized carbons (Fsp3) is 0.174. The molecule has 0 aliphatic carbocycles. The van der Waals surface area contributed by atoms with Gasteiger partial charge in [0, 0.05) is 22.4 Å². The third kappa shape index (κ3) is 5.18. The molecule has 1 amide bonds. The Kier molecular flexibility index (Phi) is 7.08. The van der Waals surface area contributed by atoms with E-state index in [2.05, 4.69) is 5.32 Å². The number of amides is 1. The molecule has 0 bridgehead atoms. The molecule has 0 radical (unpaired) electrons. The minimum atomic E-state index is -0.265. The first-order valence-electron chi connectivity index (χ1n) is 9.14. The summed E-state index contributed by atoms with van der Waals surface area (Å²) in [7, 11) is 4.63. The number of carbonyl (C=O) groups is 1. The van der Waals surface area contributed by atoms with Crippen LogP contribution < -0.4 is 19.5 Å². The van der Waals surface area contributed by atoms with Gasteiger partial charge in [0.1, 0.15) is 5.82 Å². The molecule has 5 nitrogen and oxygen atoms in total. The number of benzene rings is 2. The predicted octanol–water partition coefficient (Wildman–Crippen LogP) is 4.91. The van der Waals surface area contributed by atoms with Gasteiger partial charge in [-0.3, -0.25) is 4.79 Å². The zero-order valence-corrected chi connectivity index (χ0v) is 17.7. The van der Waals surface area contributed by atoms with E-state index in [1.807, 2.05) is 12.1 Å². The van der Waals surface area contributed by atoms with Crippen molar-refractivity contribution < 1.29 is 23.4 Å². The van der Waals surface area contributed by atoms with E-state index in [0.29, 0.717) is 23.8 Å². The summed E-state index contributed by atoms with van der Waals surface area (Å²) in [6.07, 6.45) is 3.24. The molecule has 1 N–H and O–H groups in total. The molecule has 0 saturated heterocycles. The number of carbonyl (C=O) groups excluding carboxylic acids is 1. The smallest absolute Gasteiger partial charge is 0.244 e. The van der Waals surface area contributed by atoms with Gasteiger partial charge in [-0.05, 0) is 53.6 Å². The molecule has 0 spiro atoms. The Morgan fingerprint density at radius 1 is 1.00 bits per heavy atom. The second-order valence-corrected chi connectivity index (χ2v) is 7.41. The number of methoxy groups -OCH3 is 3. The SMILES string of the molecule is COc1cc(CNC(=O)/C=C/c2ccc(-c3ccc(F)cc3)s2)cc(OC)c1OC. The molecule has 3 rings (SSSR count). The summed E-state index contributed by atoms with van der Waals surface area (Å²) in [5, 5.41) is 2.84. The van der Waals surface area contributed by atoms with Gasteiger partial charge < -0.3 is 19.5 Å². The van der Waals surface area contributed by atoms with Crippen molar-refractivity contribution in [2.45, 2.75) is 6.54 Å². The summed E-state index contributed by atoms with van der Waals surface area (Å²) < 4.78 is 29.0. The van der Waals surface area contributed by atoms with Crippen LogP contribution in [0.1, 0.15) is 10.4 Å². The van der Waals surface area contributed by atoms with E-state index in [1.165, 1.54) is 29.5 Å². The van der Waals surface area contributed by atoms with Gasteiger partial charge in [-0.15, -0.1) is 11.3 Å². The minimum Gasteiger partial charge on any atom is -0.493 e. The summed E-state index contributed by atoms with van der Waals surface area (Å²) in [6.45, 7) is 0.311. The van der Waals surface area contributed by atoms with Gasteiger partial charge in [0.05, 0.1) is 21.3 Å². The van der Waals surface area contributed by atoms with E-state index in [-0.39, 0.29) is 11.7 Å². The highest BCUT2D eigenvalue weighted by Gasteiger charge is 2.13. The van der Waals surface area contributed by atoms with E-state index in [0.717, 1.165) is 20.9 Å². The van der Waals surface area contributed by atoms with E-state index >= 15 is 0 Å². The molecule has 1 aromatic heterocycles. The lowest BCUT2D eigenvalue weighted by molar-refractivity contribution is -0.116. The number of hydrogen-bond donors (Lipinski definition) is 1. The number of nitrogens with one attached hydrogen (secondary N) is 1. The number of rotatable bonds is 8. The normalized spacial score (nSPS) is 10.8. The zero-order chi connectivity index (χ0) is 21.5. The van der Waals surface area contributed by atoms with Crippen molar-refractivity contribution in [1.29, 1.82) is 0 Å². The van der Waals surface area contributed by atoms with Gasteiger partial charge in [0.25, 0.3) is 0 Å². The fourth-order valence-electron chi connectivity index (χ4n) is 2.86. The Morgan fingerprint density at radius 2 is 1.67 bits per heavy atom.